The fraction of sp³-hybridized carbons (Fsp3) is 0.500. The van der Waals surface area contributed by atoms with Gasteiger partial charge in [-0.2, -0.15) is 0 Å². The second-order valence-electron chi connectivity index (χ2n) is 5.48. The summed E-state index contributed by atoms with van der Waals surface area (Å²) < 4.78 is 8.10. The minimum atomic E-state index is 0.0929. The molecule has 2 atom stereocenters. The van der Waals surface area contributed by atoms with Crippen LogP contribution in [0.3, 0.4) is 0 Å². The molecule has 3 rings (SSSR count). The minimum absolute atomic E-state index is 0.0929. The van der Waals surface area contributed by atoms with E-state index in [0.29, 0.717) is 5.92 Å². The summed E-state index contributed by atoms with van der Waals surface area (Å²) in [6, 6.07) is 4.07. The molecule has 2 aromatic rings. The third kappa shape index (κ3) is 3.08. The molecule has 1 N–H and O–H groups in total. The maximum absolute atomic E-state index is 5.93. The Morgan fingerprint density at radius 2 is 2.29 bits per heavy atom. The van der Waals surface area contributed by atoms with E-state index in [1.165, 1.54) is 0 Å². The van der Waals surface area contributed by atoms with Crippen LogP contribution >= 0.6 is 0 Å². The smallest absolute Gasteiger partial charge is 0.138 e. The van der Waals surface area contributed by atoms with Gasteiger partial charge in [0.25, 0.3) is 0 Å². The van der Waals surface area contributed by atoms with E-state index in [1.807, 2.05) is 31.6 Å². The van der Waals surface area contributed by atoms with Crippen molar-refractivity contribution < 1.29 is 4.74 Å². The molecule has 21 heavy (non-hydrogen) atoms. The quantitative estimate of drug-likeness (QED) is 0.918. The zero-order chi connectivity index (χ0) is 14.7. The van der Waals surface area contributed by atoms with E-state index in [2.05, 4.69) is 32.8 Å². The Morgan fingerprint density at radius 1 is 1.38 bits per heavy atom. The number of imidazole rings is 1. The van der Waals surface area contributed by atoms with Crippen LogP contribution in [-0.4, -0.2) is 27.7 Å². The molecule has 0 aromatic carbocycles. The van der Waals surface area contributed by atoms with Gasteiger partial charge >= 0.3 is 0 Å². The first-order valence-electron chi connectivity index (χ1n) is 7.57. The zero-order valence-corrected chi connectivity index (χ0v) is 12.6. The summed E-state index contributed by atoms with van der Waals surface area (Å²) >= 11 is 0. The van der Waals surface area contributed by atoms with E-state index in [-0.39, 0.29) is 6.10 Å². The Kier molecular flexibility index (Phi) is 4.20. The second kappa shape index (κ2) is 6.26. The molecule has 1 aliphatic rings. The van der Waals surface area contributed by atoms with Crippen molar-refractivity contribution in [3.8, 4) is 0 Å². The van der Waals surface area contributed by atoms with E-state index < -0.39 is 0 Å². The van der Waals surface area contributed by atoms with E-state index in [9.17, 15) is 0 Å². The maximum Gasteiger partial charge on any atom is 0.138 e. The van der Waals surface area contributed by atoms with Crippen molar-refractivity contribution in [3.63, 3.8) is 0 Å². The second-order valence-corrected chi connectivity index (χ2v) is 5.48. The zero-order valence-electron chi connectivity index (χ0n) is 12.6. The Balaban J connectivity index is 1.67. The SMILES string of the molecule is CCn1ccnc1[C@@H]1OCC[C@H]1CNc1ccnc(C)c1. The van der Waals surface area contributed by atoms with E-state index in [0.717, 1.165) is 43.3 Å². The van der Waals surface area contributed by atoms with Crippen LogP contribution in [0, 0.1) is 12.8 Å². The number of anilines is 1. The summed E-state index contributed by atoms with van der Waals surface area (Å²) in [6.07, 6.45) is 6.88. The highest BCUT2D eigenvalue weighted by Crippen LogP contribution is 2.33. The average Bonchev–Trinajstić information content (AvgIpc) is 3.13. The predicted octanol–water partition coefficient (Wildman–Crippen LogP) is 2.80. The van der Waals surface area contributed by atoms with E-state index >= 15 is 0 Å². The summed E-state index contributed by atoms with van der Waals surface area (Å²) in [5.74, 6) is 1.50. The van der Waals surface area contributed by atoms with Crippen LogP contribution in [0.2, 0.25) is 0 Å². The van der Waals surface area contributed by atoms with Gasteiger partial charge in [0.2, 0.25) is 0 Å². The van der Waals surface area contributed by atoms with Gasteiger partial charge in [0, 0.05) is 55.6 Å². The van der Waals surface area contributed by atoms with Crippen molar-refractivity contribution in [2.75, 3.05) is 18.5 Å². The summed E-state index contributed by atoms with van der Waals surface area (Å²) in [5.41, 5.74) is 2.15. The predicted molar refractivity (Wildman–Crippen MR) is 82.2 cm³/mol. The van der Waals surface area contributed by atoms with Crippen LogP contribution in [0.4, 0.5) is 5.69 Å². The lowest BCUT2D eigenvalue weighted by Gasteiger charge is -2.20. The molecule has 0 unspecified atom stereocenters. The van der Waals surface area contributed by atoms with Crippen LogP contribution in [0.15, 0.2) is 30.7 Å². The molecule has 3 heterocycles. The van der Waals surface area contributed by atoms with Gasteiger partial charge in [-0.05, 0) is 32.4 Å². The molecule has 1 saturated heterocycles. The summed E-state index contributed by atoms with van der Waals surface area (Å²) in [5, 5.41) is 3.50. The van der Waals surface area contributed by atoms with Gasteiger partial charge in [-0.25, -0.2) is 4.98 Å². The molecule has 5 heteroatoms. The highest BCUT2D eigenvalue weighted by molar-refractivity contribution is 5.43. The van der Waals surface area contributed by atoms with Crippen LogP contribution in [0.1, 0.15) is 31.0 Å². The van der Waals surface area contributed by atoms with Gasteiger partial charge in [-0.3, -0.25) is 4.98 Å². The first-order chi connectivity index (χ1) is 10.3. The van der Waals surface area contributed by atoms with Gasteiger partial charge in [0.05, 0.1) is 0 Å². The van der Waals surface area contributed by atoms with Gasteiger partial charge in [-0.1, -0.05) is 0 Å². The third-order valence-corrected chi connectivity index (χ3v) is 4.02. The first-order valence-corrected chi connectivity index (χ1v) is 7.57. The summed E-state index contributed by atoms with van der Waals surface area (Å²) in [7, 11) is 0. The van der Waals surface area contributed by atoms with Gasteiger partial charge in [0.15, 0.2) is 0 Å². The summed E-state index contributed by atoms with van der Waals surface area (Å²) in [6.45, 7) is 6.77. The first kappa shape index (κ1) is 14.1. The van der Waals surface area contributed by atoms with Crippen molar-refractivity contribution in [2.45, 2.75) is 32.9 Å². The van der Waals surface area contributed by atoms with Crippen LogP contribution in [0.5, 0.6) is 0 Å². The Bertz CT molecular complexity index is 595. The van der Waals surface area contributed by atoms with Crippen molar-refractivity contribution in [1.82, 2.24) is 14.5 Å². The molecule has 2 aromatic heterocycles. The number of hydrogen-bond donors (Lipinski definition) is 1. The fourth-order valence-corrected chi connectivity index (χ4v) is 2.88. The molecule has 0 amide bonds. The van der Waals surface area contributed by atoms with Gasteiger partial charge < -0.3 is 14.6 Å². The third-order valence-electron chi connectivity index (χ3n) is 4.02. The standard InChI is InChI=1S/C16H22N4O/c1-3-20-8-7-18-16(20)15-13(5-9-21-15)11-19-14-4-6-17-12(2)10-14/h4,6-8,10,13,15H,3,5,9,11H2,1-2H3,(H,17,19)/t13-,15+/m0/s1. The van der Waals surface area contributed by atoms with Crippen LogP contribution in [0.25, 0.3) is 0 Å². The molecule has 1 fully saturated rings. The van der Waals surface area contributed by atoms with Crippen molar-refractivity contribution in [1.29, 1.82) is 0 Å². The van der Waals surface area contributed by atoms with Crippen molar-refractivity contribution in [2.24, 2.45) is 5.92 Å². The number of nitrogens with zero attached hydrogens (tertiary/aromatic N) is 3. The number of aromatic nitrogens is 3. The highest BCUT2D eigenvalue weighted by Gasteiger charge is 2.32. The molecule has 5 nitrogen and oxygen atoms in total. The van der Waals surface area contributed by atoms with E-state index in [1.54, 1.807) is 0 Å². The molecule has 0 saturated carbocycles. The largest absolute Gasteiger partial charge is 0.385 e. The van der Waals surface area contributed by atoms with Crippen molar-refractivity contribution >= 4 is 5.69 Å². The average molecular weight is 286 g/mol. The minimum Gasteiger partial charge on any atom is -0.385 e. The number of pyridine rings is 1. The number of rotatable bonds is 5. The normalized spacial score (nSPS) is 21.6. The lowest BCUT2D eigenvalue weighted by Crippen LogP contribution is -2.20. The topological polar surface area (TPSA) is 52.0 Å². The monoisotopic (exact) mass is 286 g/mol. The molecular weight excluding hydrogens is 264 g/mol. The number of ether oxygens (including phenoxy) is 1. The Hall–Kier alpha value is -1.88. The Labute approximate surface area is 125 Å². The molecule has 0 radical (unpaired) electrons. The van der Waals surface area contributed by atoms with E-state index in [4.69, 9.17) is 4.74 Å². The molecule has 0 spiro atoms. The highest BCUT2D eigenvalue weighted by atomic mass is 16.5. The number of nitrogens with one attached hydrogen (secondary N) is 1. The molecule has 112 valence electrons. The van der Waals surface area contributed by atoms with Crippen LogP contribution in [-0.2, 0) is 11.3 Å². The lowest BCUT2D eigenvalue weighted by molar-refractivity contribution is 0.0832. The van der Waals surface area contributed by atoms with Crippen molar-refractivity contribution in [3.05, 3.63) is 42.2 Å². The molecular formula is C16H22N4O. The Morgan fingerprint density at radius 3 is 3.10 bits per heavy atom. The fourth-order valence-electron chi connectivity index (χ4n) is 2.88. The van der Waals surface area contributed by atoms with Gasteiger partial charge in [0.1, 0.15) is 11.9 Å². The maximum atomic E-state index is 5.93. The molecule has 0 aliphatic carbocycles. The van der Waals surface area contributed by atoms with Gasteiger partial charge in [-0.15, -0.1) is 0 Å². The number of hydrogen-bond acceptors (Lipinski definition) is 4. The van der Waals surface area contributed by atoms with Crippen LogP contribution < -0.4 is 5.32 Å². The molecule has 1 aliphatic heterocycles. The lowest BCUT2D eigenvalue weighted by atomic mass is 10.0. The number of aryl methyl sites for hydroxylation is 2. The summed E-state index contributed by atoms with van der Waals surface area (Å²) in [4.78, 5) is 8.71. The molecule has 0 bridgehead atoms.